The van der Waals surface area contributed by atoms with Crippen LogP contribution in [0.4, 0.5) is 5.69 Å². The maximum atomic E-state index is 12.1. The van der Waals surface area contributed by atoms with E-state index in [9.17, 15) is 4.79 Å². The molecule has 1 atom stereocenters. The van der Waals surface area contributed by atoms with Gasteiger partial charge in [0.2, 0.25) is 5.91 Å². The van der Waals surface area contributed by atoms with Crippen LogP contribution in [-0.4, -0.2) is 12.5 Å². The molecular weight excluding hydrogens is 238 g/mol. The van der Waals surface area contributed by atoms with Gasteiger partial charge in [-0.15, -0.1) is 0 Å². The number of hydrogen-bond acceptors (Lipinski definition) is 2. The summed E-state index contributed by atoms with van der Waals surface area (Å²) in [4.78, 5) is 12.1. The van der Waals surface area contributed by atoms with Gasteiger partial charge in [0.25, 0.3) is 0 Å². The van der Waals surface area contributed by atoms with E-state index in [2.05, 4.69) is 19.2 Å². The highest BCUT2D eigenvalue weighted by Gasteiger charge is 2.15. The highest BCUT2D eigenvalue weighted by Crippen LogP contribution is 2.19. The van der Waals surface area contributed by atoms with Gasteiger partial charge in [-0.05, 0) is 44.0 Å². The predicted molar refractivity (Wildman–Crippen MR) is 79.5 cm³/mol. The Morgan fingerprint density at radius 3 is 2.42 bits per heavy atom. The monoisotopic (exact) mass is 263 g/mol. The van der Waals surface area contributed by atoms with Crippen LogP contribution in [0.25, 0.3) is 0 Å². The zero-order valence-electron chi connectivity index (χ0n) is 12.2. The summed E-state index contributed by atoms with van der Waals surface area (Å²) in [5.74, 6) is 1.07. The average molecular weight is 263 g/mol. The summed E-state index contributed by atoms with van der Waals surface area (Å²) in [7, 11) is 0. The molecule has 1 rings (SSSR count). The van der Waals surface area contributed by atoms with Gasteiger partial charge in [-0.3, -0.25) is 4.79 Å². The second kappa shape index (κ2) is 8.57. The molecule has 0 heterocycles. The molecule has 0 fully saturated rings. The second-order valence-electron chi connectivity index (χ2n) is 4.69. The van der Waals surface area contributed by atoms with Gasteiger partial charge in [0, 0.05) is 11.6 Å². The van der Waals surface area contributed by atoms with Gasteiger partial charge >= 0.3 is 0 Å². The van der Waals surface area contributed by atoms with Gasteiger partial charge in [-0.25, -0.2) is 0 Å². The minimum absolute atomic E-state index is 0.117. The molecule has 0 saturated carbocycles. The fourth-order valence-electron chi connectivity index (χ4n) is 2.02. The third-order valence-corrected chi connectivity index (χ3v) is 3.20. The maximum absolute atomic E-state index is 12.1. The number of benzene rings is 1. The minimum atomic E-state index is 0.117. The molecule has 0 bridgehead atoms. The molecule has 1 aromatic carbocycles. The minimum Gasteiger partial charge on any atom is -0.494 e. The highest BCUT2D eigenvalue weighted by molar-refractivity contribution is 5.92. The normalized spacial score (nSPS) is 11.9. The van der Waals surface area contributed by atoms with Crippen molar-refractivity contribution in [3.05, 3.63) is 24.3 Å². The van der Waals surface area contributed by atoms with E-state index in [-0.39, 0.29) is 11.8 Å². The van der Waals surface area contributed by atoms with Crippen LogP contribution < -0.4 is 10.1 Å². The SMILES string of the molecule is CCCC[C@H](CC)C(=O)Nc1ccc(OCC)cc1. The van der Waals surface area contributed by atoms with Crippen molar-refractivity contribution in [2.24, 2.45) is 5.92 Å². The Bertz CT molecular complexity index is 373. The van der Waals surface area contributed by atoms with Crippen molar-refractivity contribution in [2.75, 3.05) is 11.9 Å². The lowest BCUT2D eigenvalue weighted by atomic mass is 9.98. The number of ether oxygens (including phenoxy) is 1. The van der Waals surface area contributed by atoms with Crippen LogP contribution in [-0.2, 0) is 4.79 Å². The Balaban J connectivity index is 2.54. The van der Waals surface area contributed by atoms with Gasteiger partial charge in [-0.2, -0.15) is 0 Å². The zero-order valence-corrected chi connectivity index (χ0v) is 12.2. The number of hydrogen-bond donors (Lipinski definition) is 1. The average Bonchev–Trinajstić information content (AvgIpc) is 2.42. The molecule has 0 aliphatic rings. The standard InChI is InChI=1S/C16H25NO2/c1-4-7-8-13(5-2)16(18)17-14-9-11-15(12-10-14)19-6-3/h9-13H,4-8H2,1-3H3,(H,17,18)/t13-/m0/s1. The first kappa shape index (κ1) is 15.5. The molecule has 1 N–H and O–H groups in total. The number of rotatable bonds is 8. The van der Waals surface area contributed by atoms with Crippen molar-refractivity contribution in [2.45, 2.75) is 46.5 Å². The van der Waals surface area contributed by atoms with Crippen LogP contribution in [0, 0.1) is 5.92 Å². The van der Waals surface area contributed by atoms with Crippen molar-refractivity contribution in [1.82, 2.24) is 0 Å². The first-order valence-electron chi connectivity index (χ1n) is 7.24. The first-order valence-corrected chi connectivity index (χ1v) is 7.24. The second-order valence-corrected chi connectivity index (χ2v) is 4.69. The first-order chi connectivity index (χ1) is 9.21. The number of carbonyl (C=O) groups excluding carboxylic acids is 1. The Morgan fingerprint density at radius 1 is 1.21 bits per heavy atom. The molecule has 0 aliphatic heterocycles. The van der Waals surface area contributed by atoms with Crippen molar-refractivity contribution >= 4 is 11.6 Å². The quantitative estimate of drug-likeness (QED) is 0.761. The lowest BCUT2D eigenvalue weighted by Crippen LogP contribution is -2.22. The molecule has 0 radical (unpaired) electrons. The summed E-state index contributed by atoms with van der Waals surface area (Å²) < 4.78 is 5.37. The van der Waals surface area contributed by atoms with Crippen LogP contribution in [0.5, 0.6) is 5.75 Å². The number of amides is 1. The molecule has 106 valence electrons. The summed E-state index contributed by atoms with van der Waals surface area (Å²) in [5.41, 5.74) is 0.836. The number of anilines is 1. The van der Waals surface area contributed by atoms with E-state index in [0.717, 1.165) is 37.1 Å². The summed E-state index contributed by atoms with van der Waals surface area (Å²) in [6.45, 7) is 6.82. The van der Waals surface area contributed by atoms with Crippen LogP contribution in [0.15, 0.2) is 24.3 Å². The van der Waals surface area contributed by atoms with Crippen LogP contribution in [0.2, 0.25) is 0 Å². The molecule has 3 nitrogen and oxygen atoms in total. The molecule has 0 aromatic heterocycles. The fourth-order valence-corrected chi connectivity index (χ4v) is 2.02. The number of carbonyl (C=O) groups is 1. The van der Waals surface area contributed by atoms with Gasteiger partial charge in [0.05, 0.1) is 6.61 Å². The van der Waals surface area contributed by atoms with E-state index in [4.69, 9.17) is 4.74 Å². The molecule has 19 heavy (non-hydrogen) atoms. The number of nitrogens with one attached hydrogen (secondary N) is 1. The Labute approximate surface area is 116 Å². The molecule has 3 heteroatoms. The van der Waals surface area contributed by atoms with E-state index < -0.39 is 0 Å². The van der Waals surface area contributed by atoms with Gasteiger partial charge in [-0.1, -0.05) is 26.7 Å². The molecular formula is C16H25NO2. The molecule has 0 aliphatic carbocycles. The van der Waals surface area contributed by atoms with E-state index in [1.807, 2.05) is 31.2 Å². The summed E-state index contributed by atoms with van der Waals surface area (Å²) >= 11 is 0. The van der Waals surface area contributed by atoms with Crippen LogP contribution in [0.3, 0.4) is 0 Å². The Hall–Kier alpha value is -1.51. The lowest BCUT2D eigenvalue weighted by molar-refractivity contribution is -0.120. The third-order valence-electron chi connectivity index (χ3n) is 3.20. The Kier molecular flexibility index (Phi) is 7.01. The van der Waals surface area contributed by atoms with Crippen molar-refractivity contribution in [3.8, 4) is 5.75 Å². The molecule has 0 unspecified atom stereocenters. The number of unbranched alkanes of at least 4 members (excludes halogenated alkanes) is 1. The van der Waals surface area contributed by atoms with Crippen molar-refractivity contribution in [3.63, 3.8) is 0 Å². The van der Waals surface area contributed by atoms with E-state index in [0.29, 0.717) is 6.61 Å². The topological polar surface area (TPSA) is 38.3 Å². The van der Waals surface area contributed by atoms with E-state index in [1.54, 1.807) is 0 Å². The molecule has 0 saturated heterocycles. The third kappa shape index (κ3) is 5.33. The molecule has 0 spiro atoms. The molecule has 1 amide bonds. The smallest absolute Gasteiger partial charge is 0.227 e. The van der Waals surface area contributed by atoms with Gasteiger partial charge in [0.15, 0.2) is 0 Å². The summed E-state index contributed by atoms with van der Waals surface area (Å²) in [6, 6.07) is 7.53. The zero-order chi connectivity index (χ0) is 14.1. The predicted octanol–water partition coefficient (Wildman–Crippen LogP) is 4.24. The summed E-state index contributed by atoms with van der Waals surface area (Å²) in [6.07, 6.45) is 4.10. The summed E-state index contributed by atoms with van der Waals surface area (Å²) in [5, 5.41) is 2.98. The maximum Gasteiger partial charge on any atom is 0.227 e. The largest absolute Gasteiger partial charge is 0.494 e. The Morgan fingerprint density at radius 2 is 1.89 bits per heavy atom. The van der Waals surface area contributed by atoms with Crippen molar-refractivity contribution < 1.29 is 9.53 Å². The molecule has 1 aromatic rings. The fraction of sp³-hybridized carbons (Fsp3) is 0.562. The van der Waals surface area contributed by atoms with Crippen LogP contribution in [0.1, 0.15) is 46.5 Å². The lowest BCUT2D eigenvalue weighted by Gasteiger charge is -2.14. The highest BCUT2D eigenvalue weighted by atomic mass is 16.5. The van der Waals surface area contributed by atoms with Gasteiger partial charge < -0.3 is 10.1 Å². The van der Waals surface area contributed by atoms with Crippen molar-refractivity contribution in [1.29, 1.82) is 0 Å². The van der Waals surface area contributed by atoms with E-state index in [1.165, 1.54) is 0 Å². The van der Waals surface area contributed by atoms with Crippen LogP contribution >= 0.6 is 0 Å². The van der Waals surface area contributed by atoms with Gasteiger partial charge in [0.1, 0.15) is 5.75 Å². The van der Waals surface area contributed by atoms with E-state index >= 15 is 0 Å².